The van der Waals surface area contributed by atoms with Crippen LogP contribution in [0.5, 0.6) is 0 Å². The van der Waals surface area contributed by atoms with Crippen molar-refractivity contribution in [1.29, 1.82) is 0 Å². The summed E-state index contributed by atoms with van der Waals surface area (Å²) in [6.07, 6.45) is 1.99. The van der Waals surface area contributed by atoms with E-state index in [-0.39, 0.29) is 6.04 Å². The lowest BCUT2D eigenvalue weighted by Gasteiger charge is -2.21. The van der Waals surface area contributed by atoms with Crippen LogP contribution in [0.15, 0.2) is 35.7 Å². The number of nitrogens with two attached hydrogens (primary N) is 1. The molecule has 108 valence electrons. The van der Waals surface area contributed by atoms with Crippen molar-refractivity contribution >= 4 is 17.0 Å². The summed E-state index contributed by atoms with van der Waals surface area (Å²) in [5.74, 6) is 0. The first kappa shape index (κ1) is 15.1. The molecule has 0 saturated carbocycles. The summed E-state index contributed by atoms with van der Waals surface area (Å²) in [6.45, 7) is 5.29. The number of rotatable bonds is 6. The minimum Gasteiger partial charge on any atom is -0.369 e. The molecule has 0 aliphatic heterocycles. The fraction of sp³-hybridized carbons (Fsp3) is 0.412. The van der Waals surface area contributed by atoms with Gasteiger partial charge in [0.25, 0.3) is 0 Å². The monoisotopic (exact) mass is 288 g/mol. The minimum absolute atomic E-state index is 0.268. The highest BCUT2D eigenvalue weighted by molar-refractivity contribution is 7.09. The van der Waals surface area contributed by atoms with E-state index >= 15 is 0 Å². The molecule has 0 fully saturated rings. The van der Waals surface area contributed by atoms with Gasteiger partial charge in [-0.3, -0.25) is 0 Å². The summed E-state index contributed by atoms with van der Waals surface area (Å²) in [7, 11) is 2.15. The quantitative estimate of drug-likeness (QED) is 0.871. The summed E-state index contributed by atoms with van der Waals surface area (Å²) >= 11 is 1.81. The van der Waals surface area contributed by atoms with E-state index in [1.807, 2.05) is 11.3 Å². The topological polar surface area (TPSA) is 29.3 Å². The summed E-state index contributed by atoms with van der Waals surface area (Å²) in [5, 5.41) is 2.13. The van der Waals surface area contributed by atoms with E-state index in [0.717, 1.165) is 19.4 Å². The summed E-state index contributed by atoms with van der Waals surface area (Å²) in [5.41, 5.74) is 9.99. The summed E-state index contributed by atoms with van der Waals surface area (Å²) in [4.78, 5) is 3.70. The first-order valence-electron chi connectivity index (χ1n) is 7.18. The Morgan fingerprint density at radius 1 is 1.30 bits per heavy atom. The Balaban J connectivity index is 2.08. The van der Waals surface area contributed by atoms with Crippen LogP contribution in [-0.2, 0) is 13.0 Å². The van der Waals surface area contributed by atoms with E-state index in [2.05, 4.69) is 61.5 Å². The maximum absolute atomic E-state index is 6.03. The van der Waals surface area contributed by atoms with E-state index in [9.17, 15) is 0 Å². The second kappa shape index (κ2) is 6.91. The number of thiophene rings is 1. The zero-order chi connectivity index (χ0) is 14.5. The first-order chi connectivity index (χ1) is 9.60. The van der Waals surface area contributed by atoms with Crippen molar-refractivity contribution in [1.82, 2.24) is 0 Å². The molecule has 0 aliphatic carbocycles. The largest absolute Gasteiger partial charge is 0.369 e. The van der Waals surface area contributed by atoms with Crippen LogP contribution < -0.4 is 10.6 Å². The second-order valence-corrected chi connectivity index (χ2v) is 6.46. The molecule has 0 radical (unpaired) electrons. The molecule has 1 aromatic carbocycles. The molecule has 2 rings (SSSR count). The Hall–Kier alpha value is -1.32. The van der Waals surface area contributed by atoms with Gasteiger partial charge in [0, 0.05) is 23.7 Å². The predicted octanol–water partition coefficient (Wildman–Crippen LogP) is 3.97. The third-order valence-electron chi connectivity index (χ3n) is 3.67. The van der Waals surface area contributed by atoms with E-state index in [0.29, 0.717) is 0 Å². The average Bonchev–Trinajstić information content (AvgIpc) is 2.91. The van der Waals surface area contributed by atoms with Crippen molar-refractivity contribution in [3.8, 4) is 0 Å². The van der Waals surface area contributed by atoms with Gasteiger partial charge in [-0.2, -0.15) is 0 Å². The first-order valence-corrected chi connectivity index (χ1v) is 8.06. The van der Waals surface area contributed by atoms with Gasteiger partial charge in [0.1, 0.15) is 0 Å². The minimum atomic E-state index is 0.268. The Labute approximate surface area is 126 Å². The summed E-state index contributed by atoms with van der Waals surface area (Å²) in [6, 6.07) is 11.3. The van der Waals surface area contributed by atoms with Gasteiger partial charge in [0.15, 0.2) is 0 Å². The highest BCUT2D eigenvalue weighted by atomic mass is 32.1. The molecular weight excluding hydrogens is 264 g/mol. The number of hydrogen-bond donors (Lipinski definition) is 1. The van der Waals surface area contributed by atoms with Gasteiger partial charge in [0.05, 0.1) is 6.54 Å². The van der Waals surface area contributed by atoms with Crippen molar-refractivity contribution in [3.63, 3.8) is 0 Å². The number of benzene rings is 1. The van der Waals surface area contributed by atoms with Gasteiger partial charge in [-0.1, -0.05) is 25.1 Å². The normalized spacial score (nSPS) is 12.4. The van der Waals surface area contributed by atoms with Gasteiger partial charge in [-0.05, 0) is 48.4 Å². The smallest absolute Gasteiger partial charge is 0.0519 e. The summed E-state index contributed by atoms with van der Waals surface area (Å²) < 4.78 is 0. The van der Waals surface area contributed by atoms with Crippen LogP contribution in [0, 0.1) is 6.92 Å². The van der Waals surface area contributed by atoms with Gasteiger partial charge in [0.2, 0.25) is 0 Å². The van der Waals surface area contributed by atoms with Gasteiger partial charge in [-0.25, -0.2) is 0 Å². The van der Waals surface area contributed by atoms with E-state index in [4.69, 9.17) is 5.73 Å². The Kier molecular flexibility index (Phi) is 5.21. The molecule has 0 saturated heterocycles. The van der Waals surface area contributed by atoms with Crippen molar-refractivity contribution in [2.45, 2.75) is 39.3 Å². The molecule has 20 heavy (non-hydrogen) atoms. The molecule has 0 amide bonds. The van der Waals surface area contributed by atoms with Crippen LogP contribution in [0.25, 0.3) is 0 Å². The molecule has 3 heteroatoms. The zero-order valence-electron chi connectivity index (χ0n) is 12.6. The fourth-order valence-corrected chi connectivity index (χ4v) is 3.20. The van der Waals surface area contributed by atoms with Gasteiger partial charge in [-0.15, -0.1) is 11.3 Å². The second-order valence-electron chi connectivity index (χ2n) is 5.43. The lowest BCUT2D eigenvalue weighted by atomic mass is 10.0. The van der Waals surface area contributed by atoms with Crippen LogP contribution >= 0.6 is 11.3 Å². The molecule has 1 unspecified atom stereocenters. The van der Waals surface area contributed by atoms with Crippen LogP contribution in [0.2, 0.25) is 0 Å². The van der Waals surface area contributed by atoms with Crippen molar-refractivity contribution in [2.75, 3.05) is 11.9 Å². The molecule has 1 atom stereocenters. The molecule has 2 N–H and O–H groups in total. The number of aryl methyl sites for hydroxylation is 1. The average molecular weight is 288 g/mol. The third-order valence-corrected chi connectivity index (χ3v) is 4.53. The third kappa shape index (κ3) is 3.84. The molecule has 0 aliphatic rings. The Bertz CT molecular complexity index is 534. The number of nitrogens with zero attached hydrogens (tertiary/aromatic N) is 1. The fourth-order valence-electron chi connectivity index (χ4n) is 2.44. The zero-order valence-corrected chi connectivity index (χ0v) is 13.4. The Morgan fingerprint density at radius 2 is 2.10 bits per heavy atom. The highest BCUT2D eigenvalue weighted by Gasteiger charge is 2.08. The van der Waals surface area contributed by atoms with Crippen LogP contribution in [-0.4, -0.2) is 13.1 Å². The standard InChI is InChI=1S/C17H24N2S/c1-4-15(18)11-14-7-8-17(13(2)10-14)19(3)12-16-6-5-9-20-16/h5-10,15H,4,11-12,18H2,1-3H3. The lowest BCUT2D eigenvalue weighted by molar-refractivity contribution is 0.646. The molecule has 1 heterocycles. The lowest BCUT2D eigenvalue weighted by Crippen LogP contribution is -2.21. The molecule has 0 spiro atoms. The number of anilines is 1. The van der Waals surface area contributed by atoms with Crippen molar-refractivity contribution < 1.29 is 0 Å². The predicted molar refractivity (Wildman–Crippen MR) is 89.6 cm³/mol. The van der Waals surface area contributed by atoms with Crippen LogP contribution in [0.4, 0.5) is 5.69 Å². The van der Waals surface area contributed by atoms with Gasteiger partial charge >= 0.3 is 0 Å². The molecule has 2 nitrogen and oxygen atoms in total. The van der Waals surface area contributed by atoms with Gasteiger partial charge < -0.3 is 10.6 Å². The van der Waals surface area contributed by atoms with E-state index < -0.39 is 0 Å². The molecule has 1 aromatic heterocycles. The maximum atomic E-state index is 6.03. The SMILES string of the molecule is CCC(N)Cc1ccc(N(C)Cc2cccs2)c(C)c1. The number of hydrogen-bond acceptors (Lipinski definition) is 3. The molecule has 0 bridgehead atoms. The Morgan fingerprint density at radius 3 is 2.70 bits per heavy atom. The van der Waals surface area contributed by atoms with E-state index in [1.165, 1.54) is 21.7 Å². The van der Waals surface area contributed by atoms with E-state index in [1.54, 1.807) is 0 Å². The van der Waals surface area contributed by atoms with Crippen LogP contribution in [0.3, 0.4) is 0 Å². The van der Waals surface area contributed by atoms with Crippen LogP contribution in [0.1, 0.15) is 29.3 Å². The van der Waals surface area contributed by atoms with Crippen molar-refractivity contribution in [2.24, 2.45) is 5.73 Å². The highest BCUT2D eigenvalue weighted by Crippen LogP contribution is 2.23. The maximum Gasteiger partial charge on any atom is 0.0519 e. The van der Waals surface area contributed by atoms with Crippen molar-refractivity contribution in [3.05, 3.63) is 51.7 Å². The molecule has 2 aromatic rings. The molecular formula is C17H24N2S.